The number of rotatable bonds is 4. The molecule has 0 unspecified atom stereocenters. The van der Waals surface area contributed by atoms with Crippen molar-refractivity contribution in [2.45, 2.75) is 44.4 Å². The van der Waals surface area contributed by atoms with E-state index in [0.29, 0.717) is 24.3 Å². The lowest BCUT2D eigenvalue weighted by Gasteiger charge is -2.28. The first-order valence-electron chi connectivity index (χ1n) is 6.74. The van der Waals surface area contributed by atoms with Crippen LogP contribution in [0.2, 0.25) is 0 Å². The van der Waals surface area contributed by atoms with Gasteiger partial charge in [0.2, 0.25) is 0 Å². The van der Waals surface area contributed by atoms with E-state index < -0.39 is 0 Å². The highest BCUT2D eigenvalue weighted by Gasteiger charge is 2.35. The molecule has 1 aliphatic carbocycles. The molecular weight excluding hydrogens is 229 g/mol. The average molecular weight is 251 g/mol. The summed E-state index contributed by atoms with van der Waals surface area (Å²) in [5.41, 5.74) is 7.58. The van der Waals surface area contributed by atoms with Crippen LogP contribution in [-0.4, -0.2) is 13.7 Å². The first kappa shape index (κ1) is 13.3. The normalized spacial score (nSPS) is 18.0. The number of methoxy groups -OCH3 is 1. The molecule has 0 aromatic heterocycles. The molecule has 100 valence electrons. The summed E-state index contributed by atoms with van der Waals surface area (Å²) in [5, 5.41) is 0. The van der Waals surface area contributed by atoms with Gasteiger partial charge in [-0.2, -0.15) is 0 Å². The van der Waals surface area contributed by atoms with Crippen LogP contribution in [0.3, 0.4) is 0 Å². The largest absolute Gasteiger partial charge is 0.496 e. The molecule has 18 heavy (non-hydrogen) atoms. The fraction of sp³-hybridized carbons (Fsp3) is 0.600. The van der Waals surface area contributed by atoms with Crippen molar-refractivity contribution in [3.8, 4) is 5.75 Å². The molecule has 1 aliphatic rings. The molecule has 0 saturated heterocycles. The van der Waals surface area contributed by atoms with Gasteiger partial charge >= 0.3 is 0 Å². The molecular formula is C15H22FNO. The lowest BCUT2D eigenvalue weighted by Crippen LogP contribution is -2.32. The maximum Gasteiger partial charge on any atom is 0.130 e. The lowest BCUT2D eigenvalue weighted by molar-refractivity contribution is 0.396. The number of hydrogen-bond acceptors (Lipinski definition) is 2. The second-order valence-electron chi connectivity index (χ2n) is 5.18. The second kappa shape index (κ2) is 5.27. The van der Waals surface area contributed by atoms with E-state index in [-0.39, 0.29) is 11.2 Å². The summed E-state index contributed by atoms with van der Waals surface area (Å²) in [4.78, 5) is 0. The Labute approximate surface area is 108 Å². The van der Waals surface area contributed by atoms with Crippen LogP contribution in [-0.2, 0) is 11.8 Å². The third kappa shape index (κ3) is 2.12. The van der Waals surface area contributed by atoms with Gasteiger partial charge in [0, 0.05) is 17.5 Å². The van der Waals surface area contributed by atoms with Crippen LogP contribution in [0.5, 0.6) is 5.75 Å². The zero-order chi connectivity index (χ0) is 13.2. The van der Waals surface area contributed by atoms with Crippen LogP contribution in [0.1, 0.15) is 43.7 Å². The van der Waals surface area contributed by atoms with Gasteiger partial charge in [0.05, 0.1) is 7.11 Å². The fourth-order valence-electron chi connectivity index (χ4n) is 3.11. The van der Waals surface area contributed by atoms with E-state index >= 15 is 0 Å². The smallest absolute Gasteiger partial charge is 0.130 e. The Hall–Kier alpha value is -1.09. The predicted octanol–water partition coefficient (Wildman–Crippen LogP) is 3.17. The Morgan fingerprint density at radius 3 is 2.50 bits per heavy atom. The molecule has 3 heteroatoms. The maximum absolute atomic E-state index is 14.1. The molecule has 2 rings (SSSR count). The third-order valence-corrected chi connectivity index (χ3v) is 4.29. The topological polar surface area (TPSA) is 35.2 Å². The summed E-state index contributed by atoms with van der Waals surface area (Å²) < 4.78 is 19.5. The molecule has 2 nitrogen and oxygen atoms in total. The van der Waals surface area contributed by atoms with Crippen molar-refractivity contribution in [3.63, 3.8) is 0 Å². The summed E-state index contributed by atoms with van der Waals surface area (Å²) in [6, 6.07) is 3.65. The van der Waals surface area contributed by atoms with E-state index in [2.05, 4.69) is 0 Å². The summed E-state index contributed by atoms with van der Waals surface area (Å²) in [7, 11) is 1.60. The second-order valence-corrected chi connectivity index (χ2v) is 5.18. The number of benzene rings is 1. The van der Waals surface area contributed by atoms with Gasteiger partial charge in [-0.15, -0.1) is 0 Å². The lowest BCUT2D eigenvalue weighted by atomic mass is 9.78. The molecule has 2 N–H and O–H groups in total. The summed E-state index contributed by atoms with van der Waals surface area (Å²) >= 11 is 0. The van der Waals surface area contributed by atoms with Crippen LogP contribution >= 0.6 is 0 Å². The Bertz CT molecular complexity index is 425. The molecule has 0 spiro atoms. The SMILES string of the molecule is CCc1c(F)cc(C2(CN)CCCC2)cc1OC. The Balaban J connectivity index is 2.48. The van der Waals surface area contributed by atoms with Crippen molar-refractivity contribution in [1.82, 2.24) is 0 Å². The number of hydrogen-bond donors (Lipinski definition) is 1. The minimum absolute atomic E-state index is 0.0413. The average Bonchev–Trinajstić information content (AvgIpc) is 2.87. The first-order chi connectivity index (χ1) is 8.66. The van der Waals surface area contributed by atoms with Crippen LogP contribution in [0, 0.1) is 5.82 Å². The van der Waals surface area contributed by atoms with Gasteiger partial charge in [0.1, 0.15) is 11.6 Å². The zero-order valence-electron chi connectivity index (χ0n) is 11.3. The van der Waals surface area contributed by atoms with Crippen LogP contribution in [0.4, 0.5) is 4.39 Å². The summed E-state index contributed by atoms with van der Waals surface area (Å²) in [6.45, 7) is 2.52. The molecule has 0 atom stereocenters. The van der Waals surface area contributed by atoms with Crippen molar-refractivity contribution >= 4 is 0 Å². The van der Waals surface area contributed by atoms with Gasteiger partial charge < -0.3 is 10.5 Å². The molecule has 1 aromatic carbocycles. The standard InChI is InChI=1S/C15H22FNO/c1-3-12-13(16)8-11(9-14(12)18-2)15(10-17)6-4-5-7-15/h8-9H,3-7,10,17H2,1-2H3. The predicted molar refractivity (Wildman–Crippen MR) is 71.5 cm³/mol. The third-order valence-electron chi connectivity index (χ3n) is 4.29. The number of ether oxygens (including phenoxy) is 1. The monoisotopic (exact) mass is 251 g/mol. The molecule has 0 amide bonds. The molecule has 0 aliphatic heterocycles. The van der Waals surface area contributed by atoms with Crippen molar-refractivity contribution < 1.29 is 9.13 Å². The number of halogens is 1. The van der Waals surface area contributed by atoms with E-state index in [1.54, 1.807) is 13.2 Å². The van der Waals surface area contributed by atoms with Crippen molar-refractivity contribution in [2.75, 3.05) is 13.7 Å². The van der Waals surface area contributed by atoms with Crippen LogP contribution in [0.25, 0.3) is 0 Å². The molecule has 1 aromatic rings. The number of nitrogens with two attached hydrogens (primary N) is 1. The molecule has 1 saturated carbocycles. The van der Waals surface area contributed by atoms with Crippen LogP contribution in [0.15, 0.2) is 12.1 Å². The quantitative estimate of drug-likeness (QED) is 0.892. The van der Waals surface area contributed by atoms with Gasteiger partial charge in [-0.1, -0.05) is 19.8 Å². The molecule has 0 heterocycles. The Morgan fingerprint density at radius 1 is 1.33 bits per heavy atom. The van der Waals surface area contributed by atoms with Crippen molar-refractivity contribution in [2.24, 2.45) is 5.73 Å². The van der Waals surface area contributed by atoms with Gasteiger partial charge in [-0.05, 0) is 37.0 Å². The maximum atomic E-state index is 14.1. The summed E-state index contributed by atoms with van der Waals surface area (Å²) in [6.07, 6.45) is 5.10. The minimum atomic E-state index is -0.161. The van der Waals surface area contributed by atoms with E-state index in [1.165, 1.54) is 12.8 Å². The van der Waals surface area contributed by atoms with E-state index in [4.69, 9.17) is 10.5 Å². The minimum Gasteiger partial charge on any atom is -0.496 e. The van der Waals surface area contributed by atoms with Gasteiger partial charge in [0.25, 0.3) is 0 Å². The highest BCUT2D eigenvalue weighted by atomic mass is 19.1. The van der Waals surface area contributed by atoms with Gasteiger partial charge in [0.15, 0.2) is 0 Å². The Morgan fingerprint density at radius 2 is 2.00 bits per heavy atom. The van der Waals surface area contributed by atoms with E-state index in [1.807, 2.05) is 13.0 Å². The molecule has 0 radical (unpaired) electrons. The van der Waals surface area contributed by atoms with E-state index in [9.17, 15) is 4.39 Å². The first-order valence-corrected chi connectivity index (χ1v) is 6.74. The molecule has 1 fully saturated rings. The highest BCUT2D eigenvalue weighted by molar-refractivity contribution is 5.42. The Kier molecular flexibility index (Phi) is 3.91. The molecule has 0 bridgehead atoms. The van der Waals surface area contributed by atoms with E-state index in [0.717, 1.165) is 18.4 Å². The van der Waals surface area contributed by atoms with Crippen molar-refractivity contribution in [3.05, 3.63) is 29.1 Å². The summed E-state index contributed by atoms with van der Waals surface area (Å²) in [5.74, 6) is 0.499. The van der Waals surface area contributed by atoms with Gasteiger partial charge in [-0.25, -0.2) is 4.39 Å². The zero-order valence-corrected chi connectivity index (χ0v) is 11.3. The van der Waals surface area contributed by atoms with Gasteiger partial charge in [-0.3, -0.25) is 0 Å². The van der Waals surface area contributed by atoms with Crippen molar-refractivity contribution in [1.29, 1.82) is 0 Å². The highest BCUT2D eigenvalue weighted by Crippen LogP contribution is 2.42. The van der Waals surface area contributed by atoms with Crippen LogP contribution < -0.4 is 10.5 Å². The fourth-order valence-corrected chi connectivity index (χ4v) is 3.11.